The minimum absolute atomic E-state index is 0.119. The number of rotatable bonds is 5. The molecule has 0 amide bonds. The molecule has 26 heavy (non-hydrogen) atoms. The van der Waals surface area contributed by atoms with E-state index in [0.29, 0.717) is 12.3 Å². The maximum atomic E-state index is 9.56. The summed E-state index contributed by atoms with van der Waals surface area (Å²) in [6, 6.07) is 13.8. The van der Waals surface area contributed by atoms with Gasteiger partial charge < -0.3 is 14.7 Å². The van der Waals surface area contributed by atoms with Gasteiger partial charge in [-0.3, -0.25) is 0 Å². The molecule has 1 aliphatic heterocycles. The third-order valence-electron chi connectivity index (χ3n) is 4.53. The summed E-state index contributed by atoms with van der Waals surface area (Å²) in [4.78, 5) is 6.92. The maximum absolute atomic E-state index is 9.56. The van der Waals surface area contributed by atoms with Gasteiger partial charge in [0.25, 0.3) is 0 Å². The number of ether oxygens (including phenoxy) is 1. The van der Waals surface area contributed by atoms with Crippen molar-refractivity contribution in [2.24, 2.45) is 0 Å². The molecule has 1 aliphatic rings. The second kappa shape index (κ2) is 9.38. The summed E-state index contributed by atoms with van der Waals surface area (Å²) >= 11 is 0. The summed E-state index contributed by atoms with van der Waals surface area (Å²) in [5.74, 6) is 7.04. The summed E-state index contributed by atoms with van der Waals surface area (Å²) in [5, 5.41) is 9.56. The van der Waals surface area contributed by atoms with Crippen molar-refractivity contribution >= 4 is 0 Å². The predicted molar refractivity (Wildman–Crippen MR) is 103 cm³/mol. The number of aryl methyl sites for hydroxylation is 1. The third kappa shape index (κ3) is 5.59. The van der Waals surface area contributed by atoms with E-state index in [-0.39, 0.29) is 6.10 Å². The Bertz CT molecular complexity index is 757. The minimum atomic E-state index is -0.119. The Morgan fingerprint density at radius 3 is 2.65 bits per heavy atom. The zero-order valence-corrected chi connectivity index (χ0v) is 15.3. The Hall–Kier alpha value is -2.35. The molecule has 2 aromatic rings. The second-order valence-corrected chi connectivity index (χ2v) is 6.69. The number of benzene rings is 1. The molecule has 136 valence electrons. The highest BCUT2D eigenvalue weighted by Crippen LogP contribution is 2.17. The van der Waals surface area contributed by atoms with E-state index < -0.39 is 0 Å². The highest BCUT2D eigenvalue weighted by Gasteiger charge is 2.16. The highest BCUT2D eigenvalue weighted by molar-refractivity contribution is 5.46. The van der Waals surface area contributed by atoms with Crippen LogP contribution in [0.2, 0.25) is 0 Å². The van der Waals surface area contributed by atoms with Crippen LogP contribution in [0.5, 0.6) is 5.75 Å². The molecule has 1 aromatic heterocycles. The summed E-state index contributed by atoms with van der Waals surface area (Å²) in [6.07, 6.45) is 2.59. The number of aliphatic hydroxyl groups excluding tert-OH is 1. The highest BCUT2D eigenvalue weighted by atomic mass is 16.5. The van der Waals surface area contributed by atoms with Crippen molar-refractivity contribution in [1.29, 1.82) is 0 Å². The quantitative estimate of drug-likeness (QED) is 0.665. The molecule has 3 rings (SSSR count). The van der Waals surface area contributed by atoms with Gasteiger partial charge in [0.2, 0.25) is 0 Å². The number of hydrogen-bond donors (Lipinski definition) is 1. The van der Waals surface area contributed by atoms with Crippen LogP contribution < -0.4 is 4.74 Å². The van der Waals surface area contributed by atoms with E-state index in [1.807, 2.05) is 49.4 Å². The van der Waals surface area contributed by atoms with E-state index in [2.05, 4.69) is 21.7 Å². The summed E-state index contributed by atoms with van der Waals surface area (Å²) in [5.41, 5.74) is 2.59. The van der Waals surface area contributed by atoms with Crippen molar-refractivity contribution in [3.63, 3.8) is 0 Å². The second-order valence-electron chi connectivity index (χ2n) is 6.69. The van der Waals surface area contributed by atoms with Crippen LogP contribution in [0.15, 0.2) is 42.5 Å². The van der Waals surface area contributed by atoms with Crippen LogP contribution in [0.1, 0.15) is 36.2 Å². The van der Waals surface area contributed by atoms with E-state index in [9.17, 15) is 5.11 Å². The zero-order chi connectivity index (χ0) is 18.2. The first-order chi connectivity index (χ1) is 12.7. The van der Waals surface area contributed by atoms with Gasteiger partial charge in [-0.25, -0.2) is 4.98 Å². The maximum Gasteiger partial charge on any atom is 0.155 e. The van der Waals surface area contributed by atoms with Gasteiger partial charge in [-0.05, 0) is 56.4 Å². The summed E-state index contributed by atoms with van der Waals surface area (Å²) in [7, 11) is 0. The molecule has 4 heteroatoms. The van der Waals surface area contributed by atoms with Crippen molar-refractivity contribution in [3.8, 4) is 17.6 Å². The summed E-state index contributed by atoms with van der Waals surface area (Å²) < 4.78 is 5.95. The molecule has 2 heterocycles. The molecule has 0 aliphatic carbocycles. The van der Waals surface area contributed by atoms with Gasteiger partial charge in [-0.2, -0.15) is 0 Å². The smallest absolute Gasteiger partial charge is 0.155 e. The van der Waals surface area contributed by atoms with Crippen molar-refractivity contribution in [2.45, 2.75) is 32.3 Å². The lowest BCUT2D eigenvalue weighted by Crippen LogP contribution is -2.36. The van der Waals surface area contributed by atoms with Crippen LogP contribution in [0.3, 0.4) is 0 Å². The zero-order valence-electron chi connectivity index (χ0n) is 15.3. The average Bonchev–Trinajstić information content (AvgIpc) is 2.67. The van der Waals surface area contributed by atoms with Crippen molar-refractivity contribution in [1.82, 2.24) is 9.88 Å². The standard InChI is InChI=1S/C22H26N2O2/c1-18-8-11-22(21(23-18)10-9-19-6-3-2-4-7-19)26-17-5-14-24-15-12-20(25)13-16-24/h2-4,6-8,11,20,25H,5,12-17H2,1H3. The minimum Gasteiger partial charge on any atom is -0.491 e. The SMILES string of the molecule is Cc1ccc(OCCCN2CCC(O)CC2)c(C#Cc2ccccc2)n1. The van der Waals surface area contributed by atoms with E-state index in [1.54, 1.807) is 0 Å². The largest absolute Gasteiger partial charge is 0.491 e. The molecule has 1 N–H and O–H groups in total. The van der Waals surface area contributed by atoms with Crippen LogP contribution >= 0.6 is 0 Å². The lowest BCUT2D eigenvalue weighted by Gasteiger charge is -2.29. The molecule has 0 spiro atoms. The van der Waals surface area contributed by atoms with Crippen LogP contribution in [-0.4, -0.2) is 47.3 Å². The normalized spacial score (nSPS) is 15.3. The third-order valence-corrected chi connectivity index (χ3v) is 4.53. The predicted octanol–water partition coefficient (Wildman–Crippen LogP) is 3.02. The molecule has 4 nitrogen and oxygen atoms in total. The number of aliphatic hydroxyl groups is 1. The van der Waals surface area contributed by atoms with Gasteiger partial charge in [0.15, 0.2) is 11.4 Å². The number of nitrogens with zero attached hydrogens (tertiary/aromatic N) is 2. The number of likely N-dealkylation sites (tertiary alicyclic amines) is 1. The lowest BCUT2D eigenvalue weighted by molar-refractivity contribution is 0.0800. The van der Waals surface area contributed by atoms with Crippen molar-refractivity contribution in [3.05, 3.63) is 59.4 Å². The van der Waals surface area contributed by atoms with Crippen molar-refractivity contribution in [2.75, 3.05) is 26.2 Å². The van der Waals surface area contributed by atoms with Crippen LogP contribution in [-0.2, 0) is 0 Å². The van der Waals surface area contributed by atoms with E-state index in [1.165, 1.54) is 0 Å². The first-order valence-electron chi connectivity index (χ1n) is 9.28. The number of hydrogen-bond acceptors (Lipinski definition) is 4. The van der Waals surface area contributed by atoms with E-state index in [4.69, 9.17) is 4.74 Å². The lowest BCUT2D eigenvalue weighted by atomic mass is 10.1. The summed E-state index contributed by atoms with van der Waals surface area (Å²) in [6.45, 7) is 5.55. The van der Waals surface area contributed by atoms with Crippen LogP contribution in [0.25, 0.3) is 0 Å². The molecule has 0 saturated carbocycles. The molecule has 1 fully saturated rings. The Kier molecular flexibility index (Phi) is 6.65. The van der Waals surface area contributed by atoms with Gasteiger partial charge in [0, 0.05) is 30.9 Å². The van der Waals surface area contributed by atoms with Gasteiger partial charge in [0.1, 0.15) is 0 Å². The molecule has 1 aromatic carbocycles. The van der Waals surface area contributed by atoms with Gasteiger partial charge in [0.05, 0.1) is 12.7 Å². The molecular formula is C22H26N2O2. The topological polar surface area (TPSA) is 45.6 Å². The van der Waals surface area contributed by atoms with Gasteiger partial charge in [-0.1, -0.05) is 24.1 Å². The fourth-order valence-electron chi connectivity index (χ4n) is 3.02. The monoisotopic (exact) mass is 350 g/mol. The number of piperidine rings is 1. The fourth-order valence-corrected chi connectivity index (χ4v) is 3.02. The molecule has 0 unspecified atom stereocenters. The first kappa shape index (κ1) is 18.4. The number of pyridine rings is 1. The molecule has 0 radical (unpaired) electrons. The Morgan fingerprint density at radius 2 is 1.88 bits per heavy atom. The van der Waals surface area contributed by atoms with E-state index >= 15 is 0 Å². The van der Waals surface area contributed by atoms with Gasteiger partial charge in [-0.15, -0.1) is 0 Å². The van der Waals surface area contributed by atoms with Gasteiger partial charge >= 0.3 is 0 Å². The van der Waals surface area contributed by atoms with Crippen molar-refractivity contribution < 1.29 is 9.84 Å². The number of aromatic nitrogens is 1. The Labute approximate surface area is 155 Å². The Balaban J connectivity index is 1.55. The van der Waals surface area contributed by atoms with Crippen LogP contribution in [0, 0.1) is 18.8 Å². The molecule has 1 saturated heterocycles. The molecule has 0 bridgehead atoms. The fraction of sp³-hybridized carbons (Fsp3) is 0.409. The first-order valence-corrected chi connectivity index (χ1v) is 9.28. The van der Waals surface area contributed by atoms with Crippen LogP contribution in [0.4, 0.5) is 0 Å². The van der Waals surface area contributed by atoms with E-state index in [0.717, 1.165) is 55.9 Å². The Morgan fingerprint density at radius 1 is 1.12 bits per heavy atom. The molecular weight excluding hydrogens is 324 g/mol. The molecule has 0 atom stereocenters. The average molecular weight is 350 g/mol.